The monoisotopic (exact) mass is 697 g/mol. The van der Waals surface area contributed by atoms with E-state index in [1.165, 1.54) is 0 Å². The maximum Gasteiger partial charge on any atom is 0.411 e. The Morgan fingerprint density at radius 2 is 1.29 bits per heavy atom. The SMILES string of the molecule is CC(C)(C)OC(=O)N1C(c2ncc(-c3ccc4cc(-c5cccc(C6=CCC([C@@H]7C[C@H]8C[C@H]8N7C(=O)OC(C)(C)C)=N6)c5)ccc4c3)[nH]2)C[C@H]2C[C@H]21. The van der Waals surface area contributed by atoms with Crippen LogP contribution in [0.25, 0.3) is 38.9 Å². The first-order chi connectivity index (χ1) is 24.8. The van der Waals surface area contributed by atoms with Crippen molar-refractivity contribution >= 4 is 34.4 Å². The first kappa shape index (κ1) is 33.0. The number of rotatable bonds is 5. The number of likely N-dealkylation sites (tertiary alicyclic amines) is 2. The lowest BCUT2D eigenvalue weighted by Crippen LogP contribution is -2.45. The Bertz CT molecular complexity index is 2170. The van der Waals surface area contributed by atoms with Crippen molar-refractivity contribution in [2.45, 2.75) is 109 Å². The highest BCUT2D eigenvalue weighted by Crippen LogP contribution is 2.54. The number of amides is 2. The number of piperidine rings is 2. The third kappa shape index (κ3) is 6.18. The highest BCUT2D eigenvalue weighted by Gasteiger charge is 2.57. The summed E-state index contributed by atoms with van der Waals surface area (Å²) < 4.78 is 11.5. The molecule has 4 fully saturated rings. The average Bonchev–Trinajstić information content (AvgIpc) is 3.68. The molecule has 9 nitrogen and oxygen atoms in total. The molecule has 2 saturated heterocycles. The molecule has 1 unspecified atom stereocenters. The third-order valence-corrected chi connectivity index (χ3v) is 11.1. The summed E-state index contributed by atoms with van der Waals surface area (Å²) in [7, 11) is 0. The number of nitrogens with one attached hydrogen (secondary N) is 1. The Labute approximate surface area is 305 Å². The Balaban J connectivity index is 0.910. The van der Waals surface area contributed by atoms with Crippen LogP contribution in [0.1, 0.15) is 91.1 Å². The highest BCUT2D eigenvalue weighted by atomic mass is 16.6. The predicted octanol–water partition coefficient (Wildman–Crippen LogP) is 9.55. The summed E-state index contributed by atoms with van der Waals surface area (Å²) in [6.45, 7) is 11.5. The minimum absolute atomic E-state index is 0.00874. The van der Waals surface area contributed by atoms with Crippen molar-refractivity contribution in [3.63, 3.8) is 0 Å². The molecule has 3 aliphatic heterocycles. The summed E-state index contributed by atoms with van der Waals surface area (Å²) in [5.74, 6) is 1.91. The number of hydrogen-bond donors (Lipinski definition) is 1. The van der Waals surface area contributed by atoms with E-state index in [0.717, 1.165) is 88.1 Å². The number of ether oxygens (including phenoxy) is 2. The number of aliphatic imine (C=N–C) groups is 1. The number of allylic oxidation sites excluding steroid dienone is 1. The van der Waals surface area contributed by atoms with Crippen molar-refractivity contribution in [3.05, 3.63) is 84.3 Å². The van der Waals surface area contributed by atoms with Gasteiger partial charge in [0.2, 0.25) is 0 Å². The predicted molar refractivity (Wildman–Crippen MR) is 203 cm³/mol. The summed E-state index contributed by atoms with van der Waals surface area (Å²) in [5, 5.41) is 2.30. The van der Waals surface area contributed by atoms with Gasteiger partial charge in [-0.05, 0) is 119 Å². The van der Waals surface area contributed by atoms with Crippen LogP contribution in [0, 0.1) is 11.8 Å². The molecule has 2 aliphatic carbocycles. The molecule has 3 aromatic carbocycles. The zero-order valence-electron chi connectivity index (χ0n) is 30.8. The molecule has 1 N–H and O–H groups in total. The molecule has 2 amide bonds. The maximum atomic E-state index is 13.1. The average molecular weight is 698 g/mol. The molecule has 0 spiro atoms. The lowest BCUT2D eigenvalue weighted by atomic mass is 9.97. The van der Waals surface area contributed by atoms with Gasteiger partial charge in [-0.15, -0.1) is 0 Å². The number of hydrogen-bond acceptors (Lipinski definition) is 6. The Hall–Kier alpha value is -4.92. The van der Waals surface area contributed by atoms with E-state index < -0.39 is 11.2 Å². The van der Waals surface area contributed by atoms with Crippen LogP contribution in [0.4, 0.5) is 9.59 Å². The molecule has 2 saturated carbocycles. The van der Waals surface area contributed by atoms with E-state index in [4.69, 9.17) is 19.5 Å². The van der Waals surface area contributed by atoms with Gasteiger partial charge in [0.1, 0.15) is 17.0 Å². The maximum absolute atomic E-state index is 13.1. The van der Waals surface area contributed by atoms with E-state index in [1.807, 2.05) is 57.5 Å². The number of carbonyl (C=O) groups excluding carboxylic acids is 2. The van der Waals surface area contributed by atoms with Gasteiger partial charge in [-0.3, -0.25) is 14.8 Å². The summed E-state index contributed by atoms with van der Waals surface area (Å²) in [6.07, 6.45) is 8.35. The van der Waals surface area contributed by atoms with Crippen molar-refractivity contribution in [3.8, 4) is 22.4 Å². The normalized spacial score (nSPS) is 26.2. The minimum atomic E-state index is -0.535. The molecule has 5 aliphatic rings. The number of fused-ring (bicyclic) bond motifs is 3. The van der Waals surface area contributed by atoms with Crippen molar-refractivity contribution in [2.75, 3.05) is 0 Å². The van der Waals surface area contributed by atoms with Gasteiger partial charge in [0.15, 0.2) is 0 Å². The van der Waals surface area contributed by atoms with E-state index >= 15 is 0 Å². The van der Waals surface area contributed by atoms with Crippen molar-refractivity contribution in [2.24, 2.45) is 16.8 Å². The van der Waals surface area contributed by atoms with Gasteiger partial charge in [0.05, 0.1) is 29.7 Å². The second kappa shape index (κ2) is 11.8. The summed E-state index contributed by atoms with van der Waals surface area (Å²) in [5.41, 5.74) is 6.32. The molecule has 9 rings (SSSR count). The smallest absolute Gasteiger partial charge is 0.411 e. The zero-order valence-corrected chi connectivity index (χ0v) is 30.8. The fourth-order valence-electron chi connectivity index (χ4n) is 8.55. The van der Waals surface area contributed by atoms with Crippen LogP contribution >= 0.6 is 0 Å². The van der Waals surface area contributed by atoms with E-state index in [1.54, 1.807) is 0 Å². The van der Waals surface area contributed by atoms with Gasteiger partial charge >= 0.3 is 12.2 Å². The lowest BCUT2D eigenvalue weighted by Gasteiger charge is -2.30. The van der Waals surface area contributed by atoms with Crippen molar-refractivity contribution < 1.29 is 19.1 Å². The first-order valence-corrected chi connectivity index (χ1v) is 18.8. The second-order valence-corrected chi connectivity index (χ2v) is 17.3. The van der Waals surface area contributed by atoms with Crippen molar-refractivity contribution in [1.82, 2.24) is 19.8 Å². The van der Waals surface area contributed by atoms with Gasteiger partial charge in [-0.1, -0.05) is 48.5 Å². The number of aromatic nitrogens is 2. The van der Waals surface area contributed by atoms with Crippen LogP contribution in [-0.2, 0) is 9.47 Å². The molecule has 4 aromatic rings. The summed E-state index contributed by atoms with van der Waals surface area (Å²) in [6, 6.07) is 22.1. The second-order valence-electron chi connectivity index (χ2n) is 17.3. The van der Waals surface area contributed by atoms with Crippen LogP contribution < -0.4 is 0 Å². The number of imidazole rings is 1. The highest BCUT2D eigenvalue weighted by molar-refractivity contribution is 6.01. The molecule has 4 heterocycles. The topological polar surface area (TPSA) is 100 Å². The molecule has 6 atom stereocenters. The number of carbonyl (C=O) groups is 2. The van der Waals surface area contributed by atoms with E-state index in [0.29, 0.717) is 11.8 Å². The van der Waals surface area contributed by atoms with Crippen molar-refractivity contribution in [1.29, 1.82) is 0 Å². The quantitative estimate of drug-likeness (QED) is 0.224. The number of aromatic amines is 1. The first-order valence-electron chi connectivity index (χ1n) is 18.8. The molecule has 0 bridgehead atoms. The van der Waals surface area contributed by atoms with Crippen LogP contribution in [0.2, 0.25) is 0 Å². The summed E-state index contributed by atoms with van der Waals surface area (Å²) >= 11 is 0. The van der Waals surface area contributed by atoms with E-state index in [2.05, 4.69) is 71.7 Å². The molecule has 268 valence electrons. The molecule has 0 radical (unpaired) electrons. The molecule has 52 heavy (non-hydrogen) atoms. The minimum Gasteiger partial charge on any atom is -0.444 e. The lowest BCUT2D eigenvalue weighted by molar-refractivity contribution is 0.0173. The summed E-state index contributed by atoms with van der Waals surface area (Å²) in [4.78, 5) is 43.5. The number of benzene rings is 3. The van der Waals surface area contributed by atoms with Gasteiger partial charge in [0.25, 0.3) is 0 Å². The van der Waals surface area contributed by atoms with Gasteiger partial charge in [-0.2, -0.15) is 0 Å². The van der Waals surface area contributed by atoms with Gasteiger partial charge in [-0.25, -0.2) is 14.6 Å². The zero-order chi connectivity index (χ0) is 36.1. The van der Waals surface area contributed by atoms with Crippen LogP contribution in [0.3, 0.4) is 0 Å². The van der Waals surface area contributed by atoms with Gasteiger partial charge < -0.3 is 14.5 Å². The number of nitrogens with zero attached hydrogens (tertiary/aromatic N) is 4. The number of H-pyrrole nitrogens is 1. The fourth-order valence-corrected chi connectivity index (χ4v) is 8.55. The van der Waals surface area contributed by atoms with Crippen LogP contribution in [0.15, 0.2) is 77.9 Å². The largest absolute Gasteiger partial charge is 0.444 e. The fraction of sp³-hybridized carbons (Fsp3) is 0.442. The molecule has 9 heteroatoms. The molecule has 1 aromatic heterocycles. The molecular formula is C43H47N5O4. The standard InChI is InChI=1S/C43H47N5O4/c1-42(2,3)51-40(49)47-35-19-30(35)21-37(47)33-15-14-32(45-33)28-9-7-8-24(17-28)25-10-11-27-18-29(13-12-26(27)16-25)34-23-44-39(46-34)38-22-31-20-36(31)48(38)41(50)52-43(4,5)6/h7-14,16-18,23,30-31,35-38H,15,19-22H2,1-6H3,(H,44,46)/t30-,31-,35-,36-,37+,38?/m1/s1. The Morgan fingerprint density at radius 1 is 0.712 bits per heavy atom. The third-order valence-electron chi connectivity index (χ3n) is 11.1. The van der Waals surface area contributed by atoms with Gasteiger partial charge in [0, 0.05) is 35.3 Å². The van der Waals surface area contributed by atoms with Crippen LogP contribution in [-0.4, -0.2) is 67.0 Å². The van der Waals surface area contributed by atoms with E-state index in [-0.39, 0.29) is 36.4 Å². The Kier molecular flexibility index (Phi) is 7.48. The van der Waals surface area contributed by atoms with E-state index in [9.17, 15) is 9.59 Å². The van der Waals surface area contributed by atoms with Crippen LogP contribution in [0.5, 0.6) is 0 Å². The Morgan fingerprint density at radius 3 is 1.96 bits per heavy atom. The molecular weight excluding hydrogens is 651 g/mol.